The number of allylic oxidation sites excluding steroid dienone is 1. The zero-order chi connectivity index (χ0) is 16.2. The summed E-state index contributed by atoms with van der Waals surface area (Å²) in [7, 11) is 0. The van der Waals surface area contributed by atoms with Gasteiger partial charge >= 0.3 is 6.55 Å². The number of aromatic nitrogens is 5. The number of furan rings is 1. The summed E-state index contributed by atoms with van der Waals surface area (Å²) in [6.45, 7) is 1.58. The number of hydrogen-bond acceptors (Lipinski definition) is 5. The summed E-state index contributed by atoms with van der Waals surface area (Å²) in [4.78, 5) is 3.95. The molecule has 9 heteroatoms. The Morgan fingerprint density at radius 3 is 2.96 bits per heavy atom. The van der Waals surface area contributed by atoms with E-state index in [0.717, 1.165) is 4.57 Å². The quantitative estimate of drug-likeness (QED) is 0.487. The van der Waals surface area contributed by atoms with Crippen LogP contribution in [0, 0.1) is 0 Å². The highest BCUT2D eigenvalue weighted by Gasteiger charge is 2.17. The molecule has 0 saturated heterocycles. The molecule has 0 bridgehead atoms. The fourth-order valence-electron chi connectivity index (χ4n) is 2.04. The predicted octanol–water partition coefficient (Wildman–Crippen LogP) is 3.61. The summed E-state index contributed by atoms with van der Waals surface area (Å²) in [5.74, 6) is 1.68. The van der Waals surface area contributed by atoms with Gasteiger partial charge in [-0.15, -0.1) is 16.8 Å². The van der Waals surface area contributed by atoms with Crippen LogP contribution in [-0.2, 0) is 12.3 Å². The molecule has 0 unspecified atom stereocenters. The van der Waals surface area contributed by atoms with E-state index in [1.807, 2.05) is 4.57 Å². The lowest BCUT2D eigenvalue weighted by atomic mass is 10.4. The van der Waals surface area contributed by atoms with Crippen molar-refractivity contribution in [3.8, 4) is 11.6 Å². The van der Waals surface area contributed by atoms with Gasteiger partial charge < -0.3 is 4.42 Å². The van der Waals surface area contributed by atoms with Crippen LogP contribution in [0.5, 0.6) is 0 Å². The number of thioether (sulfide) groups is 1. The Morgan fingerprint density at radius 1 is 1.39 bits per heavy atom. The second-order valence-electron chi connectivity index (χ2n) is 4.50. The Balaban J connectivity index is 1.83. The van der Waals surface area contributed by atoms with Gasteiger partial charge in [-0.1, -0.05) is 17.8 Å². The molecule has 3 rings (SSSR count). The molecule has 0 aliphatic heterocycles. The molecular formula is C14H13F2N5OS. The normalized spacial score (nSPS) is 11.3. The molecule has 0 aromatic carbocycles. The summed E-state index contributed by atoms with van der Waals surface area (Å²) in [6.07, 6.45) is 5.86. The van der Waals surface area contributed by atoms with Gasteiger partial charge in [0, 0.05) is 18.9 Å². The fourth-order valence-corrected chi connectivity index (χ4v) is 2.94. The molecule has 0 radical (unpaired) electrons. The molecule has 120 valence electrons. The first-order chi connectivity index (χ1) is 11.2. The molecule has 6 nitrogen and oxygen atoms in total. The van der Waals surface area contributed by atoms with Crippen LogP contribution in [0.15, 0.2) is 53.0 Å². The zero-order valence-corrected chi connectivity index (χ0v) is 12.8. The van der Waals surface area contributed by atoms with Crippen molar-refractivity contribution in [1.29, 1.82) is 0 Å². The Morgan fingerprint density at radius 2 is 2.26 bits per heavy atom. The highest BCUT2D eigenvalue weighted by molar-refractivity contribution is 7.98. The second kappa shape index (κ2) is 6.78. The minimum absolute atomic E-state index is 0.255. The summed E-state index contributed by atoms with van der Waals surface area (Å²) < 4.78 is 33.6. The molecule has 0 spiro atoms. The molecule has 0 aliphatic rings. The van der Waals surface area contributed by atoms with Crippen LogP contribution in [0.3, 0.4) is 0 Å². The van der Waals surface area contributed by atoms with Crippen LogP contribution in [0.2, 0.25) is 0 Å². The van der Waals surface area contributed by atoms with E-state index >= 15 is 0 Å². The predicted molar refractivity (Wildman–Crippen MR) is 81.0 cm³/mol. The second-order valence-corrected chi connectivity index (χ2v) is 5.44. The highest BCUT2D eigenvalue weighted by atomic mass is 32.2. The van der Waals surface area contributed by atoms with Gasteiger partial charge in [-0.05, 0) is 12.1 Å². The molecule has 0 amide bonds. The van der Waals surface area contributed by atoms with Crippen molar-refractivity contribution in [2.24, 2.45) is 0 Å². The van der Waals surface area contributed by atoms with E-state index in [4.69, 9.17) is 4.42 Å². The van der Waals surface area contributed by atoms with Crippen molar-refractivity contribution in [3.63, 3.8) is 0 Å². The summed E-state index contributed by atoms with van der Waals surface area (Å²) in [5.41, 5.74) is 0. The van der Waals surface area contributed by atoms with Gasteiger partial charge in [0.1, 0.15) is 5.82 Å². The third-order valence-electron chi connectivity index (χ3n) is 3.06. The molecule has 0 aliphatic carbocycles. The number of alkyl halides is 2. The maximum Gasteiger partial charge on any atom is 0.319 e. The lowest BCUT2D eigenvalue weighted by molar-refractivity contribution is 0.0678. The van der Waals surface area contributed by atoms with E-state index < -0.39 is 6.55 Å². The molecule has 3 heterocycles. The average Bonchev–Trinajstić information content (AvgIpc) is 3.26. The SMILES string of the molecule is C=CCn1c(SCc2nccn2C(F)F)nnc1-c1ccco1. The van der Waals surface area contributed by atoms with E-state index in [-0.39, 0.29) is 11.6 Å². The Bertz CT molecular complexity index is 781. The van der Waals surface area contributed by atoms with Crippen LogP contribution in [0.1, 0.15) is 12.4 Å². The average molecular weight is 337 g/mol. The van der Waals surface area contributed by atoms with Crippen LogP contribution >= 0.6 is 11.8 Å². The first-order valence-corrected chi connectivity index (χ1v) is 7.70. The van der Waals surface area contributed by atoms with Gasteiger partial charge in [0.25, 0.3) is 0 Å². The van der Waals surface area contributed by atoms with Crippen molar-refractivity contribution >= 4 is 11.8 Å². The van der Waals surface area contributed by atoms with Gasteiger partial charge in [-0.25, -0.2) is 4.98 Å². The highest BCUT2D eigenvalue weighted by Crippen LogP contribution is 2.27. The molecule has 23 heavy (non-hydrogen) atoms. The standard InChI is InChI=1S/C14H13F2N5OS/c1-2-6-21-12(10-4-3-8-22-10)18-19-14(21)23-9-11-17-5-7-20(11)13(15)16/h2-5,7-8,13H,1,6,9H2. The molecule has 0 saturated carbocycles. The monoisotopic (exact) mass is 337 g/mol. The number of imidazole rings is 1. The maximum absolute atomic E-state index is 12.8. The lowest BCUT2D eigenvalue weighted by Gasteiger charge is -2.07. The lowest BCUT2D eigenvalue weighted by Crippen LogP contribution is -2.04. The first kappa shape index (κ1) is 15.5. The van der Waals surface area contributed by atoms with Crippen molar-refractivity contribution in [2.45, 2.75) is 24.0 Å². The Kier molecular flexibility index (Phi) is 4.56. The smallest absolute Gasteiger partial charge is 0.319 e. The minimum atomic E-state index is -2.61. The molecule has 3 aromatic heterocycles. The largest absolute Gasteiger partial charge is 0.461 e. The van der Waals surface area contributed by atoms with Gasteiger partial charge in [0.2, 0.25) is 5.82 Å². The van der Waals surface area contributed by atoms with Crippen LogP contribution in [0.4, 0.5) is 8.78 Å². The topological polar surface area (TPSA) is 61.7 Å². The third-order valence-corrected chi connectivity index (χ3v) is 4.02. The van der Waals surface area contributed by atoms with Crippen molar-refractivity contribution in [3.05, 3.63) is 49.3 Å². The third kappa shape index (κ3) is 3.19. The van der Waals surface area contributed by atoms with E-state index in [0.29, 0.717) is 23.3 Å². The van der Waals surface area contributed by atoms with E-state index in [9.17, 15) is 8.78 Å². The number of nitrogens with zero attached hydrogens (tertiary/aromatic N) is 5. The summed E-state index contributed by atoms with van der Waals surface area (Å²) in [6, 6.07) is 3.54. The first-order valence-electron chi connectivity index (χ1n) is 6.71. The summed E-state index contributed by atoms with van der Waals surface area (Å²) in [5, 5.41) is 8.80. The zero-order valence-electron chi connectivity index (χ0n) is 12.0. The van der Waals surface area contributed by atoms with Gasteiger partial charge in [0.05, 0.1) is 12.0 Å². The van der Waals surface area contributed by atoms with Crippen LogP contribution in [-0.4, -0.2) is 24.3 Å². The molecule has 0 N–H and O–H groups in total. The van der Waals surface area contributed by atoms with Gasteiger partial charge in [0.15, 0.2) is 10.9 Å². The van der Waals surface area contributed by atoms with E-state index in [1.54, 1.807) is 24.5 Å². The number of rotatable bonds is 7. The van der Waals surface area contributed by atoms with Gasteiger partial charge in [-0.2, -0.15) is 8.78 Å². The minimum Gasteiger partial charge on any atom is -0.461 e. The number of hydrogen-bond donors (Lipinski definition) is 0. The fraction of sp³-hybridized carbons (Fsp3) is 0.214. The number of halogens is 2. The van der Waals surface area contributed by atoms with Crippen LogP contribution in [0.25, 0.3) is 11.6 Å². The van der Waals surface area contributed by atoms with Gasteiger partial charge in [-0.3, -0.25) is 9.13 Å². The van der Waals surface area contributed by atoms with Crippen molar-refractivity contribution in [2.75, 3.05) is 0 Å². The van der Waals surface area contributed by atoms with Crippen LogP contribution < -0.4 is 0 Å². The van der Waals surface area contributed by atoms with Crippen molar-refractivity contribution in [1.82, 2.24) is 24.3 Å². The maximum atomic E-state index is 12.8. The Hall–Kier alpha value is -2.42. The van der Waals surface area contributed by atoms with E-state index in [2.05, 4.69) is 21.8 Å². The van der Waals surface area contributed by atoms with E-state index in [1.165, 1.54) is 24.2 Å². The molecule has 3 aromatic rings. The molecule has 0 fully saturated rings. The van der Waals surface area contributed by atoms with Crippen molar-refractivity contribution < 1.29 is 13.2 Å². The summed E-state index contributed by atoms with van der Waals surface area (Å²) >= 11 is 1.28. The Labute approximate surface area is 134 Å². The molecule has 0 atom stereocenters. The molecular weight excluding hydrogens is 324 g/mol.